The van der Waals surface area contributed by atoms with Gasteiger partial charge < -0.3 is 9.12 Å². The van der Waals surface area contributed by atoms with Crippen LogP contribution in [-0.4, -0.2) is 26.6 Å². The fourth-order valence-corrected chi connectivity index (χ4v) is 6.94. The number of nitrogens with one attached hydrogen (secondary N) is 1. The van der Waals surface area contributed by atoms with Crippen LogP contribution in [0.1, 0.15) is 43.6 Å². The number of anilines is 1. The molecule has 1 aliphatic heterocycles. The number of carbonyl (C=O) groups is 1. The number of hydrogen-bond donors (Lipinski definition) is 1. The summed E-state index contributed by atoms with van der Waals surface area (Å²) >= 11 is 11.1. The van der Waals surface area contributed by atoms with E-state index in [-0.39, 0.29) is 12.5 Å². The second-order valence-electron chi connectivity index (χ2n) is 11.7. The van der Waals surface area contributed by atoms with Crippen molar-refractivity contribution in [1.82, 2.24) is 14.3 Å². The monoisotopic (exact) mass is 656 g/mol. The van der Waals surface area contributed by atoms with Crippen molar-refractivity contribution in [2.75, 3.05) is 10.8 Å². The second-order valence-corrected chi connectivity index (χ2v) is 13.7. The molecular formula is C36H34Cl2N4O2S. The summed E-state index contributed by atoms with van der Waals surface area (Å²) in [6, 6.07) is 30.4. The first-order valence-corrected chi connectivity index (χ1v) is 16.9. The van der Waals surface area contributed by atoms with Gasteiger partial charge in [-0.05, 0) is 77.4 Å². The first-order valence-electron chi connectivity index (χ1n) is 15.0. The Morgan fingerprint density at radius 1 is 0.911 bits per heavy atom. The molecule has 5 aromatic rings. The van der Waals surface area contributed by atoms with Gasteiger partial charge >= 0.3 is 0 Å². The SMILES string of the molecule is CC(C)CCCc1ccc(-c2ccc(Cc3nc(-c4ccc(Cl)cc4Cl)cn3-c3cccc(N4CC(=O)N[S+]4[O-])c3)cc2)cc1. The second kappa shape index (κ2) is 13.7. The minimum absolute atomic E-state index is 0.0334. The van der Waals surface area contributed by atoms with Crippen LogP contribution in [0.3, 0.4) is 0 Å². The number of carbonyl (C=O) groups excluding carboxylic acids is 1. The van der Waals surface area contributed by atoms with Crippen LogP contribution in [0, 0.1) is 5.92 Å². The molecule has 0 aliphatic carbocycles. The van der Waals surface area contributed by atoms with Crippen LogP contribution in [0.5, 0.6) is 0 Å². The van der Waals surface area contributed by atoms with Gasteiger partial charge in [-0.1, -0.05) is 98.1 Å². The Morgan fingerprint density at radius 2 is 1.60 bits per heavy atom. The van der Waals surface area contributed by atoms with Gasteiger partial charge in [0, 0.05) is 28.9 Å². The lowest BCUT2D eigenvalue weighted by Gasteiger charge is -2.16. The molecule has 0 saturated carbocycles. The first-order chi connectivity index (χ1) is 21.7. The zero-order chi connectivity index (χ0) is 31.5. The lowest BCUT2D eigenvalue weighted by atomic mass is 9.99. The Bertz CT molecular complexity index is 1810. The largest absolute Gasteiger partial charge is 0.568 e. The molecular weight excluding hydrogens is 623 g/mol. The Kier molecular flexibility index (Phi) is 9.52. The van der Waals surface area contributed by atoms with Gasteiger partial charge in [-0.25, -0.2) is 4.98 Å². The summed E-state index contributed by atoms with van der Waals surface area (Å²) in [6.45, 7) is 4.58. The lowest BCUT2D eigenvalue weighted by molar-refractivity contribution is -0.117. The average molecular weight is 658 g/mol. The number of benzene rings is 4. The summed E-state index contributed by atoms with van der Waals surface area (Å²) in [5.74, 6) is 1.27. The molecule has 6 rings (SSSR count). The Balaban J connectivity index is 1.28. The molecule has 1 aliphatic rings. The molecule has 9 heteroatoms. The fourth-order valence-electron chi connectivity index (χ4n) is 5.53. The van der Waals surface area contributed by atoms with Crippen molar-refractivity contribution in [1.29, 1.82) is 0 Å². The molecule has 1 unspecified atom stereocenters. The molecule has 45 heavy (non-hydrogen) atoms. The molecule has 0 radical (unpaired) electrons. The zero-order valence-electron chi connectivity index (χ0n) is 25.2. The van der Waals surface area contributed by atoms with E-state index >= 15 is 0 Å². The minimum atomic E-state index is -1.62. The zero-order valence-corrected chi connectivity index (χ0v) is 27.5. The molecule has 4 aromatic carbocycles. The van der Waals surface area contributed by atoms with Gasteiger partial charge in [-0.15, -0.1) is 4.72 Å². The molecule has 1 aromatic heterocycles. The van der Waals surface area contributed by atoms with Crippen LogP contribution in [-0.2, 0) is 29.2 Å². The molecule has 230 valence electrons. The Morgan fingerprint density at radius 3 is 2.24 bits per heavy atom. The number of amides is 1. The van der Waals surface area contributed by atoms with Gasteiger partial charge in [0.25, 0.3) is 5.91 Å². The van der Waals surface area contributed by atoms with Crippen molar-refractivity contribution in [3.8, 4) is 28.1 Å². The van der Waals surface area contributed by atoms with Crippen LogP contribution in [0.15, 0.2) is 97.2 Å². The average Bonchev–Trinajstić information content (AvgIpc) is 3.59. The summed E-state index contributed by atoms with van der Waals surface area (Å²) in [6.07, 6.45) is 6.09. The first kappa shape index (κ1) is 31.2. The quantitative estimate of drug-likeness (QED) is 0.153. The maximum atomic E-state index is 12.5. The van der Waals surface area contributed by atoms with Crippen molar-refractivity contribution < 1.29 is 9.35 Å². The number of aromatic nitrogens is 2. The maximum absolute atomic E-state index is 12.5. The number of halogens is 2. The number of nitrogens with zero attached hydrogens (tertiary/aromatic N) is 3. The van der Waals surface area contributed by atoms with Gasteiger partial charge in [0.15, 0.2) is 18.1 Å². The highest BCUT2D eigenvalue weighted by Gasteiger charge is 2.34. The molecule has 1 N–H and O–H groups in total. The number of imidazole rings is 1. The molecule has 1 fully saturated rings. The van der Waals surface area contributed by atoms with E-state index in [4.69, 9.17) is 28.2 Å². The third kappa shape index (κ3) is 7.39. The highest BCUT2D eigenvalue weighted by Crippen LogP contribution is 2.32. The van der Waals surface area contributed by atoms with Gasteiger partial charge in [-0.3, -0.25) is 4.79 Å². The third-order valence-corrected chi connectivity index (χ3v) is 9.61. The standard InChI is InChI=1S/C36H34Cl2N4O2S/c1-24(2)5-3-6-25-9-13-27(14-10-25)28-15-11-26(12-16-28)19-35-39-34(32-18-17-29(37)20-33(32)38)22-41(35)30-7-4-8-31(21-30)42-23-36(43)40-45(42)44/h4,7-18,20-22,24H,3,5-6,19,23H2,1-2H3,(H,40,43). The summed E-state index contributed by atoms with van der Waals surface area (Å²) in [4.78, 5) is 16.9. The van der Waals surface area contributed by atoms with Gasteiger partial charge in [0.2, 0.25) is 0 Å². The van der Waals surface area contributed by atoms with E-state index in [1.54, 1.807) is 12.1 Å². The van der Waals surface area contributed by atoms with E-state index in [9.17, 15) is 9.35 Å². The fraction of sp³-hybridized carbons (Fsp3) is 0.222. The normalized spacial score (nSPS) is 14.8. The van der Waals surface area contributed by atoms with Crippen molar-refractivity contribution in [2.24, 2.45) is 5.92 Å². The van der Waals surface area contributed by atoms with E-state index in [0.29, 0.717) is 27.8 Å². The minimum Gasteiger partial charge on any atom is -0.568 e. The van der Waals surface area contributed by atoms with Crippen LogP contribution < -0.4 is 9.03 Å². The highest BCUT2D eigenvalue weighted by molar-refractivity contribution is 7.92. The van der Waals surface area contributed by atoms with E-state index in [0.717, 1.165) is 35.0 Å². The molecule has 0 bridgehead atoms. The number of aryl methyl sites for hydroxylation is 1. The summed E-state index contributed by atoms with van der Waals surface area (Å²) < 4.78 is 18.5. The third-order valence-electron chi connectivity index (χ3n) is 7.92. The molecule has 1 amide bonds. The van der Waals surface area contributed by atoms with Crippen molar-refractivity contribution in [3.05, 3.63) is 124 Å². The Hall–Kier alpha value is -3.75. The molecule has 6 nitrogen and oxygen atoms in total. The predicted molar refractivity (Wildman–Crippen MR) is 185 cm³/mol. The number of hydrogen-bond acceptors (Lipinski definition) is 4. The van der Waals surface area contributed by atoms with Gasteiger partial charge in [0.1, 0.15) is 5.82 Å². The van der Waals surface area contributed by atoms with Crippen LogP contribution >= 0.6 is 23.2 Å². The molecule has 2 heterocycles. The predicted octanol–water partition coefficient (Wildman–Crippen LogP) is 8.60. The van der Waals surface area contributed by atoms with E-state index in [1.807, 2.05) is 41.1 Å². The van der Waals surface area contributed by atoms with E-state index in [2.05, 4.69) is 67.1 Å². The molecule has 1 atom stereocenters. The highest BCUT2D eigenvalue weighted by atomic mass is 35.5. The number of rotatable bonds is 10. The molecule has 1 saturated heterocycles. The lowest BCUT2D eigenvalue weighted by Crippen LogP contribution is -2.29. The summed E-state index contributed by atoms with van der Waals surface area (Å²) in [5, 5.41) is 1.07. The topological polar surface area (TPSA) is 73.2 Å². The Labute approximate surface area is 277 Å². The van der Waals surface area contributed by atoms with Crippen LogP contribution in [0.4, 0.5) is 5.69 Å². The van der Waals surface area contributed by atoms with E-state index in [1.165, 1.54) is 33.8 Å². The smallest absolute Gasteiger partial charge is 0.287 e. The maximum Gasteiger partial charge on any atom is 0.287 e. The summed E-state index contributed by atoms with van der Waals surface area (Å²) in [5.41, 5.74) is 7.83. The van der Waals surface area contributed by atoms with E-state index < -0.39 is 11.5 Å². The van der Waals surface area contributed by atoms with Crippen LogP contribution in [0.2, 0.25) is 10.0 Å². The van der Waals surface area contributed by atoms with Crippen LogP contribution in [0.25, 0.3) is 28.1 Å². The van der Waals surface area contributed by atoms with Crippen molar-refractivity contribution in [3.63, 3.8) is 0 Å². The summed E-state index contributed by atoms with van der Waals surface area (Å²) in [7, 11) is 0. The van der Waals surface area contributed by atoms with Gasteiger partial charge in [0.05, 0.1) is 16.4 Å². The van der Waals surface area contributed by atoms with Gasteiger partial charge in [-0.2, -0.15) is 4.31 Å². The van der Waals surface area contributed by atoms with Crippen molar-refractivity contribution >= 4 is 46.3 Å². The van der Waals surface area contributed by atoms with Crippen molar-refractivity contribution in [2.45, 2.75) is 39.5 Å². The molecule has 0 spiro atoms.